The first-order valence-corrected chi connectivity index (χ1v) is 9.22. The van der Waals surface area contributed by atoms with Gasteiger partial charge < -0.3 is 14.7 Å². The van der Waals surface area contributed by atoms with Gasteiger partial charge in [-0.3, -0.25) is 4.79 Å². The van der Waals surface area contributed by atoms with Crippen LogP contribution >= 0.6 is 0 Å². The van der Waals surface area contributed by atoms with Gasteiger partial charge in [-0.05, 0) is 50.2 Å². The van der Waals surface area contributed by atoms with Gasteiger partial charge in [0.25, 0.3) is 5.91 Å². The predicted molar refractivity (Wildman–Crippen MR) is 102 cm³/mol. The summed E-state index contributed by atoms with van der Waals surface area (Å²) in [5, 5.41) is 0. The number of anilines is 2. The van der Waals surface area contributed by atoms with Crippen molar-refractivity contribution < 1.29 is 9.18 Å². The summed E-state index contributed by atoms with van der Waals surface area (Å²) in [6, 6.07) is 14.2. The second-order valence-corrected chi connectivity index (χ2v) is 7.29. The van der Waals surface area contributed by atoms with Crippen LogP contribution in [0, 0.1) is 11.7 Å². The number of carbonyl (C=O) groups is 1. The van der Waals surface area contributed by atoms with Gasteiger partial charge in [-0.2, -0.15) is 0 Å². The lowest BCUT2D eigenvalue weighted by atomic mass is 10.1. The van der Waals surface area contributed by atoms with Crippen LogP contribution in [0.5, 0.6) is 0 Å². The lowest BCUT2D eigenvalue weighted by molar-refractivity contribution is 0.0982. The summed E-state index contributed by atoms with van der Waals surface area (Å²) in [5.41, 5.74) is 2.07. The fourth-order valence-corrected chi connectivity index (χ4v) is 4.09. The molecule has 1 fully saturated rings. The van der Waals surface area contributed by atoms with Crippen molar-refractivity contribution in [3.05, 3.63) is 59.9 Å². The van der Waals surface area contributed by atoms with E-state index in [0.717, 1.165) is 37.6 Å². The van der Waals surface area contributed by atoms with Crippen LogP contribution in [-0.4, -0.2) is 50.6 Å². The zero-order valence-electron chi connectivity index (χ0n) is 15.1. The molecule has 0 aromatic heterocycles. The Balaban J connectivity index is 1.60. The molecule has 0 spiro atoms. The van der Waals surface area contributed by atoms with E-state index in [2.05, 4.69) is 22.9 Å². The third kappa shape index (κ3) is 3.19. The van der Waals surface area contributed by atoms with E-state index in [9.17, 15) is 9.18 Å². The van der Waals surface area contributed by atoms with E-state index in [-0.39, 0.29) is 11.5 Å². The molecule has 4 nitrogen and oxygen atoms in total. The van der Waals surface area contributed by atoms with E-state index in [1.54, 1.807) is 23.1 Å². The van der Waals surface area contributed by atoms with Crippen LogP contribution in [0.25, 0.3) is 0 Å². The van der Waals surface area contributed by atoms with Gasteiger partial charge in [-0.15, -0.1) is 0 Å². The number of likely N-dealkylation sites (tertiary alicyclic amines) is 1. The number of halogens is 1. The van der Waals surface area contributed by atoms with Gasteiger partial charge in [0, 0.05) is 26.2 Å². The number of nitrogens with zero attached hydrogens (tertiary/aromatic N) is 3. The SMILES string of the molecule is CN1CC[C@@H](CN2CCN(C(=O)c3ccccc3F)c3ccccc32)C1. The van der Waals surface area contributed by atoms with Gasteiger partial charge in [0.05, 0.1) is 16.9 Å². The van der Waals surface area contributed by atoms with Crippen LogP contribution in [0.3, 0.4) is 0 Å². The summed E-state index contributed by atoms with van der Waals surface area (Å²) in [7, 11) is 2.17. The molecule has 26 heavy (non-hydrogen) atoms. The van der Waals surface area contributed by atoms with Crippen LogP contribution in [0.4, 0.5) is 15.8 Å². The Labute approximate surface area is 153 Å². The number of fused-ring (bicyclic) bond motifs is 1. The second kappa shape index (κ2) is 7.08. The maximum Gasteiger partial charge on any atom is 0.261 e. The molecule has 0 radical (unpaired) electrons. The summed E-state index contributed by atoms with van der Waals surface area (Å²) in [6.45, 7) is 4.63. The molecule has 2 aliphatic rings. The van der Waals surface area contributed by atoms with E-state index < -0.39 is 5.82 Å². The minimum absolute atomic E-state index is 0.133. The Kier molecular flexibility index (Phi) is 4.64. The standard InChI is InChI=1S/C21H24FN3O/c1-23-11-10-16(14-23)15-24-12-13-25(20-9-5-4-8-19(20)24)21(26)17-6-2-3-7-18(17)22/h2-9,16H,10-15H2,1H3/t16-/m1/s1. The molecule has 2 aromatic carbocycles. The first kappa shape index (κ1) is 17.0. The minimum Gasteiger partial charge on any atom is -0.368 e. The zero-order chi connectivity index (χ0) is 18.1. The largest absolute Gasteiger partial charge is 0.368 e. The number of hydrogen-bond donors (Lipinski definition) is 0. The van der Waals surface area contributed by atoms with E-state index in [4.69, 9.17) is 0 Å². The van der Waals surface area contributed by atoms with Crippen molar-refractivity contribution in [1.82, 2.24) is 4.90 Å². The van der Waals surface area contributed by atoms with Crippen molar-refractivity contribution in [2.45, 2.75) is 6.42 Å². The van der Waals surface area contributed by atoms with Crippen molar-refractivity contribution >= 4 is 17.3 Å². The second-order valence-electron chi connectivity index (χ2n) is 7.29. The molecule has 0 saturated carbocycles. The maximum atomic E-state index is 14.1. The highest BCUT2D eigenvalue weighted by Gasteiger charge is 2.30. The van der Waals surface area contributed by atoms with Gasteiger partial charge in [0.2, 0.25) is 0 Å². The Morgan fingerprint density at radius 1 is 1.04 bits per heavy atom. The van der Waals surface area contributed by atoms with E-state index in [1.807, 2.05) is 18.2 Å². The van der Waals surface area contributed by atoms with Crippen molar-refractivity contribution in [2.75, 3.05) is 49.6 Å². The van der Waals surface area contributed by atoms with Gasteiger partial charge in [0.15, 0.2) is 0 Å². The molecule has 1 saturated heterocycles. The van der Waals surface area contributed by atoms with Crippen molar-refractivity contribution in [2.24, 2.45) is 5.92 Å². The average molecular weight is 353 g/mol. The van der Waals surface area contributed by atoms with Crippen LogP contribution in [-0.2, 0) is 0 Å². The molecular formula is C21H24FN3O. The summed E-state index contributed by atoms with van der Waals surface area (Å²) < 4.78 is 14.1. The Morgan fingerprint density at radius 3 is 2.50 bits per heavy atom. The molecule has 0 aliphatic carbocycles. The number of hydrogen-bond acceptors (Lipinski definition) is 3. The molecule has 1 amide bonds. The number of benzene rings is 2. The molecule has 1 atom stereocenters. The summed E-state index contributed by atoms with van der Waals surface area (Å²) in [6.07, 6.45) is 1.22. The summed E-state index contributed by atoms with van der Waals surface area (Å²) >= 11 is 0. The highest BCUT2D eigenvalue weighted by atomic mass is 19.1. The molecule has 5 heteroatoms. The zero-order valence-corrected chi connectivity index (χ0v) is 15.1. The van der Waals surface area contributed by atoms with E-state index >= 15 is 0 Å². The third-order valence-electron chi connectivity index (χ3n) is 5.42. The third-order valence-corrected chi connectivity index (χ3v) is 5.42. The number of rotatable bonds is 3. The van der Waals surface area contributed by atoms with Crippen molar-refractivity contribution in [3.63, 3.8) is 0 Å². The topological polar surface area (TPSA) is 26.8 Å². The van der Waals surface area contributed by atoms with Crippen LogP contribution in [0.2, 0.25) is 0 Å². The highest BCUT2D eigenvalue weighted by Crippen LogP contribution is 2.35. The van der Waals surface area contributed by atoms with Crippen molar-refractivity contribution in [1.29, 1.82) is 0 Å². The first-order valence-electron chi connectivity index (χ1n) is 9.22. The molecular weight excluding hydrogens is 329 g/mol. The van der Waals surface area contributed by atoms with Gasteiger partial charge in [0.1, 0.15) is 5.82 Å². The number of carbonyl (C=O) groups excluding carboxylic acids is 1. The fraction of sp³-hybridized carbons (Fsp3) is 0.381. The lowest BCUT2D eigenvalue weighted by Gasteiger charge is -2.39. The molecule has 0 N–H and O–H groups in total. The number of amides is 1. The predicted octanol–water partition coefficient (Wildman–Crippen LogP) is 3.24. The first-order chi connectivity index (χ1) is 12.6. The van der Waals surface area contributed by atoms with Crippen LogP contribution < -0.4 is 9.80 Å². The lowest BCUT2D eigenvalue weighted by Crippen LogP contribution is -2.46. The quantitative estimate of drug-likeness (QED) is 0.848. The maximum absolute atomic E-state index is 14.1. The Bertz CT molecular complexity index is 809. The Morgan fingerprint density at radius 2 is 1.77 bits per heavy atom. The average Bonchev–Trinajstić information content (AvgIpc) is 3.07. The van der Waals surface area contributed by atoms with Crippen molar-refractivity contribution in [3.8, 4) is 0 Å². The highest BCUT2D eigenvalue weighted by molar-refractivity contribution is 6.08. The molecule has 0 unspecified atom stereocenters. The number of para-hydroxylation sites is 2. The van der Waals surface area contributed by atoms with Gasteiger partial charge >= 0.3 is 0 Å². The molecule has 4 rings (SSSR count). The molecule has 0 bridgehead atoms. The molecule has 2 heterocycles. The Hall–Kier alpha value is -2.40. The van der Waals surface area contributed by atoms with Crippen LogP contribution in [0.1, 0.15) is 16.8 Å². The van der Waals surface area contributed by atoms with E-state index in [0.29, 0.717) is 12.5 Å². The molecule has 2 aromatic rings. The van der Waals surface area contributed by atoms with Gasteiger partial charge in [-0.25, -0.2) is 4.39 Å². The fourth-order valence-electron chi connectivity index (χ4n) is 4.09. The summed E-state index contributed by atoms with van der Waals surface area (Å²) in [4.78, 5) is 19.4. The van der Waals surface area contributed by atoms with Crippen LogP contribution in [0.15, 0.2) is 48.5 Å². The smallest absolute Gasteiger partial charge is 0.261 e. The molecule has 136 valence electrons. The minimum atomic E-state index is -0.466. The normalized spacial score (nSPS) is 20.3. The summed E-state index contributed by atoms with van der Waals surface area (Å²) in [5.74, 6) is -0.0796. The van der Waals surface area contributed by atoms with Gasteiger partial charge in [-0.1, -0.05) is 24.3 Å². The monoisotopic (exact) mass is 353 g/mol. The molecule has 2 aliphatic heterocycles. The van der Waals surface area contributed by atoms with E-state index in [1.165, 1.54) is 12.5 Å².